The fourth-order valence-electron chi connectivity index (χ4n) is 2.75. The first kappa shape index (κ1) is 14.9. The maximum atomic E-state index is 11.9. The molecule has 1 fully saturated rings. The third kappa shape index (κ3) is 2.68. The Kier molecular flexibility index (Phi) is 4.70. The molecular weight excluding hydrogens is 256 g/mol. The van der Waals surface area contributed by atoms with Crippen LogP contribution in [0.2, 0.25) is 0 Å². The van der Waals surface area contributed by atoms with Gasteiger partial charge in [-0.1, -0.05) is 6.92 Å². The van der Waals surface area contributed by atoms with Gasteiger partial charge < -0.3 is 9.47 Å². The first-order valence-electron chi connectivity index (χ1n) is 7.25. The molecule has 1 aliphatic rings. The zero-order valence-corrected chi connectivity index (χ0v) is 12.4. The molecule has 1 aromatic heterocycles. The summed E-state index contributed by atoms with van der Waals surface area (Å²) in [6.45, 7) is 4.12. The number of ether oxygens (including phenoxy) is 2. The van der Waals surface area contributed by atoms with Crippen molar-refractivity contribution in [2.24, 2.45) is 0 Å². The molecule has 0 radical (unpaired) electrons. The molecule has 1 aliphatic carbocycles. The van der Waals surface area contributed by atoms with Gasteiger partial charge in [0.05, 0.1) is 17.9 Å². The van der Waals surface area contributed by atoms with E-state index in [4.69, 9.17) is 9.47 Å². The van der Waals surface area contributed by atoms with Crippen molar-refractivity contribution < 1.29 is 14.3 Å². The monoisotopic (exact) mass is 278 g/mol. The van der Waals surface area contributed by atoms with Crippen LogP contribution in [0.1, 0.15) is 61.4 Å². The van der Waals surface area contributed by atoms with E-state index in [1.807, 2.05) is 6.92 Å². The van der Waals surface area contributed by atoms with Crippen LogP contribution in [0.3, 0.4) is 0 Å². The number of aromatic nitrogens is 2. The highest BCUT2D eigenvalue weighted by molar-refractivity contribution is 5.90. The van der Waals surface area contributed by atoms with Crippen molar-refractivity contribution in [2.75, 3.05) is 13.7 Å². The number of carbonyl (C=O) groups excluding carboxylic acids is 1. The van der Waals surface area contributed by atoms with Gasteiger partial charge >= 0.3 is 5.97 Å². The third-order valence-electron chi connectivity index (χ3n) is 3.91. The molecule has 0 atom stereocenters. The molecule has 0 N–H and O–H groups in total. The quantitative estimate of drug-likeness (QED) is 0.775. The Bertz CT molecular complexity index is 482. The van der Waals surface area contributed by atoms with Gasteiger partial charge in [0.2, 0.25) is 0 Å². The van der Waals surface area contributed by atoms with E-state index < -0.39 is 0 Å². The summed E-state index contributed by atoms with van der Waals surface area (Å²) in [4.78, 5) is 20.8. The first-order valence-corrected chi connectivity index (χ1v) is 7.25. The largest absolute Gasteiger partial charge is 0.462 e. The van der Waals surface area contributed by atoms with Crippen LogP contribution >= 0.6 is 0 Å². The highest BCUT2D eigenvalue weighted by Gasteiger charge is 2.39. The van der Waals surface area contributed by atoms with Crippen LogP contribution in [0.15, 0.2) is 6.20 Å². The first-order chi connectivity index (χ1) is 9.66. The predicted molar refractivity (Wildman–Crippen MR) is 74.5 cm³/mol. The van der Waals surface area contributed by atoms with Crippen LogP contribution in [0.4, 0.5) is 0 Å². The minimum atomic E-state index is -0.378. The lowest BCUT2D eigenvalue weighted by atomic mass is 10.0. The Balaban J connectivity index is 2.36. The molecule has 0 aromatic carbocycles. The summed E-state index contributed by atoms with van der Waals surface area (Å²) in [7, 11) is 1.71. The van der Waals surface area contributed by atoms with Crippen molar-refractivity contribution in [3.63, 3.8) is 0 Å². The number of rotatable bonds is 5. The van der Waals surface area contributed by atoms with Gasteiger partial charge in [0.15, 0.2) is 5.82 Å². The molecule has 110 valence electrons. The van der Waals surface area contributed by atoms with Gasteiger partial charge in [0, 0.05) is 13.3 Å². The molecule has 1 heterocycles. The van der Waals surface area contributed by atoms with Crippen molar-refractivity contribution in [1.82, 2.24) is 9.97 Å². The van der Waals surface area contributed by atoms with Crippen molar-refractivity contribution in [1.29, 1.82) is 0 Å². The Morgan fingerprint density at radius 2 is 2.05 bits per heavy atom. The van der Waals surface area contributed by atoms with E-state index >= 15 is 0 Å². The Hall–Kier alpha value is -1.49. The van der Waals surface area contributed by atoms with Crippen molar-refractivity contribution >= 4 is 5.97 Å². The highest BCUT2D eigenvalue weighted by atomic mass is 16.5. The molecule has 0 amide bonds. The molecule has 1 aromatic rings. The lowest BCUT2D eigenvalue weighted by Gasteiger charge is -2.26. The van der Waals surface area contributed by atoms with Crippen molar-refractivity contribution in [3.05, 3.63) is 23.3 Å². The molecule has 5 heteroatoms. The molecule has 2 rings (SSSR count). The smallest absolute Gasteiger partial charge is 0.341 e. The fourth-order valence-corrected chi connectivity index (χ4v) is 2.75. The maximum absolute atomic E-state index is 11.9. The number of hydrogen-bond acceptors (Lipinski definition) is 5. The van der Waals surface area contributed by atoms with E-state index in [0.717, 1.165) is 31.4 Å². The molecule has 0 unspecified atom stereocenters. The minimum Gasteiger partial charge on any atom is -0.462 e. The Labute approximate surface area is 119 Å². The standard InChI is InChI=1S/C15H22N2O3/c1-4-12-11(13(18)20-5-2)10-16-14(17-12)15(19-3)8-6-7-9-15/h10H,4-9H2,1-3H3. The zero-order chi connectivity index (χ0) is 14.6. The fraction of sp³-hybridized carbons (Fsp3) is 0.667. The lowest BCUT2D eigenvalue weighted by Crippen LogP contribution is -2.28. The minimum absolute atomic E-state index is 0.353. The normalized spacial score (nSPS) is 17.1. The number of aryl methyl sites for hydroxylation is 1. The molecule has 0 saturated heterocycles. The Morgan fingerprint density at radius 3 is 2.60 bits per heavy atom. The predicted octanol–water partition coefficient (Wildman–Crippen LogP) is 2.63. The van der Waals surface area contributed by atoms with Crippen LogP contribution in [0.5, 0.6) is 0 Å². The van der Waals surface area contributed by atoms with Gasteiger partial charge in [-0.3, -0.25) is 0 Å². The zero-order valence-electron chi connectivity index (χ0n) is 12.4. The number of carbonyl (C=O) groups is 1. The summed E-state index contributed by atoms with van der Waals surface area (Å²) >= 11 is 0. The van der Waals surface area contributed by atoms with Crippen molar-refractivity contribution in [2.45, 2.75) is 51.6 Å². The molecule has 5 nitrogen and oxygen atoms in total. The second-order valence-electron chi connectivity index (χ2n) is 5.03. The Morgan fingerprint density at radius 1 is 1.35 bits per heavy atom. The van der Waals surface area contributed by atoms with Gasteiger partial charge in [0.25, 0.3) is 0 Å². The molecule has 0 aliphatic heterocycles. The van der Waals surface area contributed by atoms with E-state index in [9.17, 15) is 4.79 Å². The summed E-state index contributed by atoms with van der Waals surface area (Å²) in [6, 6.07) is 0. The summed E-state index contributed by atoms with van der Waals surface area (Å²) in [5.41, 5.74) is 0.816. The van der Waals surface area contributed by atoms with Crippen LogP contribution < -0.4 is 0 Å². The van der Waals surface area contributed by atoms with Crippen molar-refractivity contribution in [3.8, 4) is 0 Å². The second kappa shape index (κ2) is 6.31. The van der Waals surface area contributed by atoms with E-state index in [0.29, 0.717) is 24.4 Å². The average molecular weight is 278 g/mol. The summed E-state index contributed by atoms with van der Waals surface area (Å²) in [5, 5.41) is 0. The number of esters is 1. The molecule has 0 bridgehead atoms. The van der Waals surface area contributed by atoms with E-state index in [-0.39, 0.29) is 11.6 Å². The van der Waals surface area contributed by atoms with Gasteiger partial charge in [-0.2, -0.15) is 0 Å². The van der Waals surface area contributed by atoms with Gasteiger partial charge in [-0.25, -0.2) is 14.8 Å². The summed E-state index contributed by atoms with van der Waals surface area (Å²) in [6.07, 6.45) is 6.37. The van der Waals surface area contributed by atoms with Crippen LogP contribution in [0.25, 0.3) is 0 Å². The summed E-state index contributed by atoms with van der Waals surface area (Å²) in [5.74, 6) is 0.344. The maximum Gasteiger partial charge on any atom is 0.341 e. The van der Waals surface area contributed by atoms with E-state index in [2.05, 4.69) is 9.97 Å². The van der Waals surface area contributed by atoms with Gasteiger partial charge in [-0.05, 0) is 39.0 Å². The SMILES string of the molecule is CCOC(=O)c1cnc(C2(OC)CCCC2)nc1CC. The number of nitrogens with zero attached hydrogens (tertiary/aromatic N) is 2. The van der Waals surface area contributed by atoms with E-state index in [1.54, 1.807) is 20.2 Å². The lowest BCUT2D eigenvalue weighted by molar-refractivity contribution is -0.0165. The topological polar surface area (TPSA) is 61.3 Å². The number of hydrogen-bond donors (Lipinski definition) is 0. The highest BCUT2D eigenvalue weighted by Crippen LogP contribution is 2.40. The van der Waals surface area contributed by atoms with Crippen LogP contribution in [0, 0.1) is 0 Å². The van der Waals surface area contributed by atoms with E-state index in [1.165, 1.54) is 0 Å². The average Bonchev–Trinajstić information content (AvgIpc) is 2.97. The summed E-state index contributed by atoms with van der Waals surface area (Å²) < 4.78 is 10.7. The third-order valence-corrected chi connectivity index (χ3v) is 3.91. The number of methoxy groups -OCH3 is 1. The molecule has 20 heavy (non-hydrogen) atoms. The van der Waals surface area contributed by atoms with Crippen LogP contribution in [-0.4, -0.2) is 29.7 Å². The van der Waals surface area contributed by atoms with Gasteiger partial charge in [-0.15, -0.1) is 0 Å². The molecule has 1 saturated carbocycles. The molecule has 0 spiro atoms. The second-order valence-corrected chi connectivity index (χ2v) is 5.03. The van der Waals surface area contributed by atoms with Gasteiger partial charge in [0.1, 0.15) is 5.60 Å². The molecular formula is C15H22N2O3. The van der Waals surface area contributed by atoms with Crippen LogP contribution in [-0.2, 0) is 21.5 Å².